The van der Waals surface area contributed by atoms with Gasteiger partial charge in [0.25, 0.3) is 0 Å². The van der Waals surface area contributed by atoms with Crippen molar-refractivity contribution in [2.24, 2.45) is 0 Å². The molecule has 2 aromatic carbocycles. The minimum absolute atomic E-state index is 0.00125. The number of aryl methyl sites for hydroxylation is 1. The largest absolute Gasteiger partial charge is 0.491 e. The van der Waals surface area contributed by atoms with Gasteiger partial charge in [0.2, 0.25) is 0 Å². The fourth-order valence-corrected chi connectivity index (χ4v) is 3.21. The summed E-state index contributed by atoms with van der Waals surface area (Å²) in [5.74, 6) is 0.965. The molecule has 0 saturated carbocycles. The van der Waals surface area contributed by atoms with E-state index >= 15 is 0 Å². The number of halogens is 3. The Morgan fingerprint density at radius 1 is 1.12 bits per heavy atom. The van der Waals surface area contributed by atoms with Crippen molar-refractivity contribution >= 4 is 11.8 Å². The van der Waals surface area contributed by atoms with Gasteiger partial charge in [-0.1, -0.05) is 0 Å². The number of thioether (sulfide) groups is 1. The molecule has 0 N–H and O–H groups in total. The minimum atomic E-state index is -4.36. The first-order chi connectivity index (χ1) is 12.3. The number of alkyl halides is 3. The lowest BCUT2D eigenvalue weighted by Gasteiger charge is -2.18. The van der Waals surface area contributed by atoms with Crippen LogP contribution in [0.15, 0.2) is 47.4 Å². The zero-order valence-electron chi connectivity index (χ0n) is 14.5. The fraction of sp³-hybridized carbons (Fsp3) is 0.368. The third-order valence-corrected chi connectivity index (χ3v) is 4.73. The first-order valence-electron chi connectivity index (χ1n) is 8.11. The molecule has 1 atom stereocenters. The Bertz CT molecular complexity index is 702. The van der Waals surface area contributed by atoms with E-state index in [0.29, 0.717) is 23.7 Å². The normalized spacial score (nSPS) is 12.8. The number of hydrogen-bond acceptors (Lipinski definition) is 3. The molecule has 1 unspecified atom stereocenters. The maximum Gasteiger partial charge on any atom is 0.416 e. The quantitative estimate of drug-likeness (QED) is 0.545. The van der Waals surface area contributed by atoms with E-state index in [9.17, 15) is 18.3 Å². The lowest BCUT2D eigenvalue weighted by Crippen LogP contribution is -2.24. The monoisotopic (exact) mass is 385 g/mol. The zero-order chi connectivity index (χ0) is 19.2. The average Bonchev–Trinajstić information content (AvgIpc) is 2.60. The van der Waals surface area contributed by atoms with E-state index in [-0.39, 0.29) is 18.5 Å². The molecule has 0 spiro atoms. The molecule has 26 heavy (non-hydrogen) atoms. The summed E-state index contributed by atoms with van der Waals surface area (Å²) in [4.78, 5) is 0.960. The molecular formula is C19H20F3O3S. The summed E-state index contributed by atoms with van der Waals surface area (Å²) in [6.07, 6.45) is -4.58. The van der Waals surface area contributed by atoms with Gasteiger partial charge < -0.3 is 9.47 Å². The topological polar surface area (TPSA) is 38.4 Å². The highest BCUT2D eigenvalue weighted by Gasteiger charge is 2.30. The van der Waals surface area contributed by atoms with Crippen LogP contribution >= 0.6 is 11.8 Å². The van der Waals surface area contributed by atoms with Gasteiger partial charge in [-0.05, 0) is 61.9 Å². The maximum atomic E-state index is 12.6. The maximum absolute atomic E-state index is 12.6. The van der Waals surface area contributed by atoms with E-state index in [1.807, 2.05) is 13.0 Å². The fourth-order valence-electron chi connectivity index (χ4n) is 2.21. The van der Waals surface area contributed by atoms with Crippen LogP contribution < -0.4 is 4.74 Å². The van der Waals surface area contributed by atoms with Gasteiger partial charge in [0.1, 0.15) is 18.5 Å². The molecule has 0 aliphatic carbocycles. The highest BCUT2D eigenvalue weighted by atomic mass is 32.2. The van der Waals surface area contributed by atoms with Crippen molar-refractivity contribution in [1.29, 1.82) is 0 Å². The van der Waals surface area contributed by atoms with E-state index in [1.54, 1.807) is 13.0 Å². The van der Waals surface area contributed by atoms with Crippen molar-refractivity contribution in [3.63, 3.8) is 0 Å². The molecule has 0 amide bonds. The highest BCUT2D eigenvalue weighted by Crippen LogP contribution is 2.30. The summed E-state index contributed by atoms with van der Waals surface area (Å²) >= 11 is 1.54. The molecule has 7 heteroatoms. The zero-order valence-corrected chi connectivity index (χ0v) is 15.3. The Morgan fingerprint density at radius 2 is 1.81 bits per heavy atom. The summed E-state index contributed by atoms with van der Waals surface area (Å²) in [6.45, 7) is 4.36. The van der Waals surface area contributed by atoms with Gasteiger partial charge in [-0.25, -0.2) is 0 Å². The smallest absolute Gasteiger partial charge is 0.416 e. The van der Waals surface area contributed by atoms with E-state index < -0.39 is 11.7 Å². The van der Waals surface area contributed by atoms with Gasteiger partial charge in [-0.3, -0.25) is 5.11 Å². The van der Waals surface area contributed by atoms with E-state index in [2.05, 4.69) is 0 Å². The lowest BCUT2D eigenvalue weighted by atomic mass is 10.2. The molecular weight excluding hydrogens is 365 g/mol. The van der Waals surface area contributed by atoms with Gasteiger partial charge >= 0.3 is 6.18 Å². The molecule has 0 bridgehead atoms. The van der Waals surface area contributed by atoms with Crippen LogP contribution in [-0.2, 0) is 16.0 Å². The van der Waals surface area contributed by atoms with Crippen molar-refractivity contribution in [3.8, 4) is 11.5 Å². The van der Waals surface area contributed by atoms with Crippen LogP contribution in [0.2, 0.25) is 0 Å². The molecule has 2 rings (SSSR count). The summed E-state index contributed by atoms with van der Waals surface area (Å²) < 4.78 is 48.9. The summed E-state index contributed by atoms with van der Waals surface area (Å²) in [5.41, 5.74) is -0.0251. The van der Waals surface area contributed by atoms with Crippen molar-refractivity contribution in [1.82, 2.24) is 0 Å². The highest BCUT2D eigenvalue weighted by molar-refractivity contribution is 7.99. The lowest BCUT2D eigenvalue weighted by molar-refractivity contribution is -0.137. The first-order valence-corrected chi connectivity index (χ1v) is 9.10. The predicted molar refractivity (Wildman–Crippen MR) is 94.4 cm³/mol. The Morgan fingerprint density at radius 3 is 2.38 bits per heavy atom. The standard InChI is InChI=1S/C19H20F3O3S/c1-3-24-16(12-26-17-8-9-18(23)13(2)10-17)11-25-15-6-4-14(5-7-15)19(20,21)22/h4-10,16H,3,11-12H2,1-2H3. The Balaban J connectivity index is 1.90. The van der Waals surface area contributed by atoms with Crippen LogP contribution in [-0.4, -0.2) is 25.1 Å². The second-order valence-electron chi connectivity index (χ2n) is 5.65. The van der Waals surface area contributed by atoms with Gasteiger partial charge in [0, 0.05) is 17.3 Å². The van der Waals surface area contributed by atoms with Crippen LogP contribution in [0.3, 0.4) is 0 Å². The molecule has 0 aromatic heterocycles. The molecule has 0 aliphatic heterocycles. The second kappa shape index (κ2) is 9.19. The van der Waals surface area contributed by atoms with E-state index in [1.165, 1.54) is 30.0 Å². The van der Waals surface area contributed by atoms with Gasteiger partial charge in [-0.2, -0.15) is 13.2 Å². The number of benzene rings is 2. The molecule has 141 valence electrons. The minimum Gasteiger partial charge on any atom is -0.491 e. The van der Waals surface area contributed by atoms with Crippen molar-refractivity contribution in [2.45, 2.75) is 31.0 Å². The Hall–Kier alpha value is -1.86. The first kappa shape index (κ1) is 20.5. The molecule has 3 nitrogen and oxygen atoms in total. The molecule has 2 aromatic rings. The summed E-state index contributed by atoms with van der Waals surface area (Å²) in [7, 11) is 0. The number of ether oxygens (including phenoxy) is 2. The Kier molecular flexibility index (Phi) is 7.23. The van der Waals surface area contributed by atoms with E-state index in [0.717, 1.165) is 17.0 Å². The van der Waals surface area contributed by atoms with Crippen LogP contribution in [0.1, 0.15) is 18.1 Å². The second-order valence-corrected chi connectivity index (χ2v) is 6.74. The summed E-state index contributed by atoms with van der Waals surface area (Å²) in [5, 5.41) is 11.4. The van der Waals surface area contributed by atoms with Crippen LogP contribution in [0.4, 0.5) is 13.2 Å². The van der Waals surface area contributed by atoms with Crippen molar-refractivity contribution in [2.75, 3.05) is 19.0 Å². The van der Waals surface area contributed by atoms with E-state index in [4.69, 9.17) is 9.47 Å². The van der Waals surface area contributed by atoms with Crippen LogP contribution in [0.25, 0.3) is 0 Å². The molecule has 0 aliphatic rings. The average molecular weight is 385 g/mol. The van der Waals surface area contributed by atoms with Gasteiger partial charge in [0.05, 0.1) is 5.56 Å². The van der Waals surface area contributed by atoms with Gasteiger partial charge in [0.15, 0.2) is 5.75 Å². The van der Waals surface area contributed by atoms with Crippen molar-refractivity contribution < 1.29 is 27.8 Å². The summed E-state index contributed by atoms with van der Waals surface area (Å²) in [6, 6.07) is 9.71. The molecule has 0 saturated heterocycles. The van der Waals surface area contributed by atoms with Gasteiger partial charge in [-0.15, -0.1) is 11.8 Å². The predicted octanol–water partition coefficient (Wildman–Crippen LogP) is 5.73. The molecule has 0 heterocycles. The molecule has 0 fully saturated rings. The van der Waals surface area contributed by atoms with Crippen LogP contribution in [0, 0.1) is 6.92 Å². The Labute approximate surface area is 155 Å². The SMILES string of the molecule is CCOC(COc1ccc(C(F)(F)F)cc1)CSc1ccc([O])c(C)c1. The number of rotatable bonds is 8. The third kappa shape index (κ3) is 6.14. The van der Waals surface area contributed by atoms with Crippen LogP contribution in [0.5, 0.6) is 11.5 Å². The third-order valence-electron chi connectivity index (χ3n) is 3.60. The number of hydrogen-bond donors (Lipinski definition) is 0. The molecule has 1 radical (unpaired) electrons. The van der Waals surface area contributed by atoms with Crippen molar-refractivity contribution in [3.05, 3.63) is 53.6 Å².